The van der Waals surface area contributed by atoms with Crippen molar-refractivity contribution < 1.29 is 14.7 Å². The second-order valence-electron chi connectivity index (χ2n) is 4.00. The summed E-state index contributed by atoms with van der Waals surface area (Å²) in [6, 6.07) is -0.319. The van der Waals surface area contributed by atoms with Crippen molar-refractivity contribution in [3.05, 3.63) is 11.1 Å². The fraction of sp³-hybridized carbons (Fsp3) is 0.545. The van der Waals surface area contributed by atoms with E-state index in [-0.39, 0.29) is 12.6 Å². The van der Waals surface area contributed by atoms with Crippen LogP contribution in [0.4, 0.5) is 9.93 Å². The van der Waals surface area contributed by atoms with Crippen molar-refractivity contribution in [1.82, 2.24) is 9.88 Å². The number of thiazole rings is 1. The van der Waals surface area contributed by atoms with E-state index in [0.29, 0.717) is 11.7 Å². The Kier molecular flexibility index (Phi) is 5.08. The Labute approximate surface area is 110 Å². The standard InChI is InChI=1S/C11H17N3O3S/c1-4-14(5-7(2)9(15)16)11(17)13-10-12-8(3)6-18-10/h6-7H,4-5H2,1-3H3,(H,15,16)(H,12,13,17). The highest BCUT2D eigenvalue weighted by Crippen LogP contribution is 2.15. The van der Waals surface area contributed by atoms with Crippen molar-refractivity contribution in [3.63, 3.8) is 0 Å². The van der Waals surface area contributed by atoms with Crippen molar-refractivity contribution in [1.29, 1.82) is 0 Å². The summed E-state index contributed by atoms with van der Waals surface area (Å²) in [5.74, 6) is -1.50. The van der Waals surface area contributed by atoms with Gasteiger partial charge in [0.25, 0.3) is 0 Å². The third kappa shape index (κ3) is 3.99. The quantitative estimate of drug-likeness (QED) is 0.858. The third-order valence-corrected chi connectivity index (χ3v) is 3.29. The molecule has 100 valence electrons. The summed E-state index contributed by atoms with van der Waals surface area (Å²) in [7, 11) is 0. The number of nitrogens with one attached hydrogen (secondary N) is 1. The van der Waals surface area contributed by atoms with Crippen LogP contribution in [0, 0.1) is 12.8 Å². The lowest BCUT2D eigenvalue weighted by atomic mass is 10.2. The summed E-state index contributed by atoms with van der Waals surface area (Å²) in [5.41, 5.74) is 0.845. The zero-order chi connectivity index (χ0) is 13.7. The first-order valence-corrected chi connectivity index (χ1v) is 6.52. The van der Waals surface area contributed by atoms with E-state index in [4.69, 9.17) is 5.11 Å². The number of carbonyl (C=O) groups excluding carboxylic acids is 1. The number of rotatable bonds is 5. The van der Waals surface area contributed by atoms with Gasteiger partial charge in [0.2, 0.25) is 0 Å². The Morgan fingerprint density at radius 2 is 2.28 bits per heavy atom. The van der Waals surface area contributed by atoms with Gasteiger partial charge in [-0.3, -0.25) is 10.1 Å². The summed E-state index contributed by atoms with van der Waals surface area (Å²) in [6.07, 6.45) is 0. The van der Waals surface area contributed by atoms with Crippen LogP contribution in [-0.2, 0) is 4.79 Å². The number of aryl methyl sites for hydroxylation is 1. The largest absolute Gasteiger partial charge is 0.481 e. The third-order valence-electron chi connectivity index (χ3n) is 2.42. The number of carboxylic acids is 1. The molecule has 18 heavy (non-hydrogen) atoms. The minimum Gasteiger partial charge on any atom is -0.481 e. The number of urea groups is 1. The Balaban J connectivity index is 2.59. The molecule has 7 heteroatoms. The first-order chi connectivity index (χ1) is 8.43. The molecular formula is C11H17N3O3S. The van der Waals surface area contributed by atoms with Gasteiger partial charge in [0.15, 0.2) is 5.13 Å². The van der Waals surface area contributed by atoms with Gasteiger partial charge in [0, 0.05) is 18.5 Å². The Morgan fingerprint density at radius 3 is 2.72 bits per heavy atom. The first kappa shape index (κ1) is 14.4. The molecule has 1 heterocycles. The Bertz CT molecular complexity index is 433. The van der Waals surface area contributed by atoms with Crippen molar-refractivity contribution in [2.45, 2.75) is 20.8 Å². The number of hydrogen-bond acceptors (Lipinski definition) is 4. The SMILES string of the molecule is CCN(CC(C)C(=O)O)C(=O)Nc1nc(C)cs1. The highest BCUT2D eigenvalue weighted by molar-refractivity contribution is 7.13. The number of anilines is 1. The lowest BCUT2D eigenvalue weighted by Crippen LogP contribution is -2.39. The summed E-state index contributed by atoms with van der Waals surface area (Å²) in [5, 5.41) is 13.9. The van der Waals surface area contributed by atoms with Gasteiger partial charge >= 0.3 is 12.0 Å². The van der Waals surface area contributed by atoms with Crippen LogP contribution >= 0.6 is 11.3 Å². The maximum Gasteiger partial charge on any atom is 0.323 e. The lowest BCUT2D eigenvalue weighted by Gasteiger charge is -2.22. The van der Waals surface area contributed by atoms with Crippen LogP contribution in [0.15, 0.2) is 5.38 Å². The molecule has 0 spiro atoms. The molecule has 0 radical (unpaired) electrons. The summed E-state index contributed by atoms with van der Waals surface area (Å²) >= 11 is 1.34. The molecule has 2 amide bonds. The van der Waals surface area contributed by atoms with E-state index in [1.54, 1.807) is 13.8 Å². The summed E-state index contributed by atoms with van der Waals surface area (Å²) < 4.78 is 0. The normalized spacial score (nSPS) is 11.9. The van der Waals surface area contributed by atoms with Crippen LogP contribution in [-0.4, -0.2) is 40.1 Å². The highest BCUT2D eigenvalue weighted by atomic mass is 32.1. The van der Waals surface area contributed by atoms with Crippen LogP contribution in [0.2, 0.25) is 0 Å². The molecule has 2 N–H and O–H groups in total. The van der Waals surface area contributed by atoms with Gasteiger partial charge in [-0.2, -0.15) is 0 Å². The monoisotopic (exact) mass is 271 g/mol. The van der Waals surface area contributed by atoms with Crippen LogP contribution in [0.3, 0.4) is 0 Å². The van der Waals surface area contributed by atoms with Crippen molar-refractivity contribution in [2.75, 3.05) is 18.4 Å². The molecule has 0 fully saturated rings. The molecule has 0 saturated heterocycles. The predicted octanol–water partition coefficient (Wildman–Crippen LogP) is 2.03. The zero-order valence-electron chi connectivity index (χ0n) is 10.6. The fourth-order valence-corrected chi connectivity index (χ4v) is 2.02. The van der Waals surface area contributed by atoms with Gasteiger partial charge in [-0.05, 0) is 13.8 Å². The minimum atomic E-state index is -0.911. The van der Waals surface area contributed by atoms with Crippen molar-refractivity contribution in [2.24, 2.45) is 5.92 Å². The van der Waals surface area contributed by atoms with E-state index in [0.717, 1.165) is 5.69 Å². The van der Waals surface area contributed by atoms with Gasteiger partial charge in [-0.1, -0.05) is 6.92 Å². The van der Waals surface area contributed by atoms with E-state index in [9.17, 15) is 9.59 Å². The van der Waals surface area contributed by atoms with Gasteiger partial charge in [-0.25, -0.2) is 9.78 Å². The average molecular weight is 271 g/mol. The molecule has 1 aromatic rings. The second-order valence-corrected chi connectivity index (χ2v) is 4.86. The molecule has 0 aliphatic rings. The number of nitrogens with zero attached hydrogens (tertiary/aromatic N) is 2. The number of aromatic nitrogens is 1. The summed E-state index contributed by atoms with van der Waals surface area (Å²) in [4.78, 5) is 28.2. The number of carbonyl (C=O) groups is 2. The predicted molar refractivity (Wildman–Crippen MR) is 69.9 cm³/mol. The van der Waals surface area contributed by atoms with Crippen LogP contribution in [0.25, 0.3) is 0 Å². The number of aliphatic carboxylic acids is 1. The van der Waals surface area contributed by atoms with Gasteiger partial charge in [-0.15, -0.1) is 11.3 Å². The van der Waals surface area contributed by atoms with E-state index in [1.807, 2.05) is 12.3 Å². The molecular weight excluding hydrogens is 254 g/mol. The Morgan fingerprint density at radius 1 is 1.61 bits per heavy atom. The minimum absolute atomic E-state index is 0.183. The molecule has 0 aliphatic heterocycles. The molecule has 1 unspecified atom stereocenters. The molecule has 1 aromatic heterocycles. The molecule has 6 nitrogen and oxygen atoms in total. The van der Waals surface area contributed by atoms with Crippen molar-refractivity contribution >= 4 is 28.5 Å². The van der Waals surface area contributed by atoms with E-state index in [2.05, 4.69) is 10.3 Å². The van der Waals surface area contributed by atoms with Crippen LogP contribution < -0.4 is 5.32 Å². The van der Waals surface area contributed by atoms with E-state index < -0.39 is 11.9 Å². The molecule has 0 aliphatic carbocycles. The van der Waals surface area contributed by atoms with Gasteiger partial charge in [0.1, 0.15) is 0 Å². The van der Waals surface area contributed by atoms with Crippen LogP contribution in [0.5, 0.6) is 0 Å². The van der Waals surface area contributed by atoms with E-state index >= 15 is 0 Å². The Hall–Kier alpha value is -1.63. The van der Waals surface area contributed by atoms with E-state index in [1.165, 1.54) is 16.2 Å². The number of hydrogen-bond donors (Lipinski definition) is 2. The first-order valence-electron chi connectivity index (χ1n) is 5.65. The fourth-order valence-electron chi connectivity index (χ4n) is 1.35. The zero-order valence-corrected chi connectivity index (χ0v) is 11.5. The summed E-state index contributed by atoms with van der Waals surface area (Å²) in [6.45, 7) is 5.86. The average Bonchev–Trinajstić information content (AvgIpc) is 2.70. The number of amides is 2. The highest BCUT2D eigenvalue weighted by Gasteiger charge is 2.19. The second kappa shape index (κ2) is 6.34. The molecule has 1 atom stereocenters. The maximum absolute atomic E-state index is 11.9. The molecule has 0 aromatic carbocycles. The van der Waals surface area contributed by atoms with Gasteiger partial charge in [0.05, 0.1) is 11.6 Å². The molecule has 1 rings (SSSR count). The van der Waals surface area contributed by atoms with Crippen LogP contribution in [0.1, 0.15) is 19.5 Å². The smallest absolute Gasteiger partial charge is 0.323 e. The van der Waals surface area contributed by atoms with Gasteiger partial charge < -0.3 is 10.0 Å². The molecule has 0 bridgehead atoms. The molecule has 0 saturated carbocycles. The number of carboxylic acid groups (broad SMARTS) is 1. The maximum atomic E-state index is 11.9. The topological polar surface area (TPSA) is 82.5 Å². The lowest BCUT2D eigenvalue weighted by molar-refractivity contribution is -0.141. The van der Waals surface area contributed by atoms with Crippen molar-refractivity contribution in [3.8, 4) is 0 Å².